The minimum atomic E-state index is 0.137. The summed E-state index contributed by atoms with van der Waals surface area (Å²) in [7, 11) is 1.85. The molecule has 16 heavy (non-hydrogen) atoms. The molecule has 6 nitrogen and oxygen atoms in total. The van der Waals surface area contributed by atoms with Crippen molar-refractivity contribution in [3.05, 3.63) is 11.9 Å². The first kappa shape index (κ1) is 11.1. The summed E-state index contributed by atoms with van der Waals surface area (Å²) < 4.78 is 1.72. The monoisotopic (exact) mass is 223 g/mol. The summed E-state index contributed by atoms with van der Waals surface area (Å²) >= 11 is 0. The Hall–Kier alpha value is -1.43. The van der Waals surface area contributed by atoms with E-state index >= 15 is 0 Å². The summed E-state index contributed by atoms with van der Waals surface area (Å²) in [6.45, 7) is 1.38. The van der Waals surface area contributed by atoms with E-state index < -0.39 is 0 Å². The van der Waals surface area contributed by atoms with Gasteiger partial charge in [-0.15, -0.1) is 5.10 Å². The number of carbonyl (C=O) groups excluding carboxylic acids is 1. The number of hydrogen-bond donors (Lipinski definition) is 2. The number of nitrogens with one attached hydrogen (secondary N) is 2. The van der Waals surface area contributed by atoms with Crippen molar-refractivity contribution in [2.45, 2.75) is 31.8 Å². The lowest BCUT2D eigenvalue weighted by Crippen LogP contribution is -2.29. The van der Waals surface area contributed by atoms with Crippen molar-refractivity contribution in [2.24, 2.45) is 7.05 Å². The van der Waals surface area contributed by atoms with Crippen LogP contribution in [0.25, 0.3) is 0 Å². The Balaban J connectivity index is 1.57. The van der Waals surface area contributed by atoms with Gasteiger partial charge in [-0.1, -0.05) is 5.21 Å². The first-order chi connectivity index (χ1) is 7.75. The highest BCUT2D eigenvalue weighted by atomic mass is 16.1. The molecular formula is C10H17N5O. The van der Waals surface area contributed by atoms with E-state index in [1.807, 2.05) is 7.05 Å². The summed E-state index contributed by atoms with van der Waals surface area (Å²) in [5, 5.41) is 13.7. The van der Waals surface area contributed by atoms with Gasteiger partial charge in [0.15, 0.2) is 0 Å². The first-order valence-electron chi connectivity index (χ1n) is 5.59. The van der Waals surface area contributed by atoms with E-state index in [-0.39, 0.29) is 5.91 Å². The third-order valence-electron chi connectivity index (χ3n) is 2.59. The number of aromatic nitrogens is 3. The number of nitrogens with zero attached hydrogens (tertiary/aromatic N) is 3. The molecule has 1 aliphatic rings. The van der Waals surface area contributed by atoms with E-state index in [0.29, 0.717) is 25.6 Å². The normalized spacial score (nSPS) is 15.1. The van der Waals surface area contributed by atoms with Crippen LogP contribution in [0.5, 0.6) is 0 Å². The van der Waals surface area contributed by atoms with E-state index in [4.69, 9.17) is 0 Å². The molecule has 0 aliphatic heterocycles. The average Bonchev–Trinajstić information content (AvgIpc) is 2.96. The third kappa shape index (κ3) is 3.30. The van der Waals surface area contributed by atoms with Crippen LogP contribution >= 0.6 is 0 Å². The lowest BCUT2D eigenvalue weighted by molar-refractivity contribution is -0.121. The molecule has 6 heteroatoms. The van der Waals surface area contributed by atoms with Crippen molar-refractivity contribution in [3.8, 4) is 0 Å². The Morgan fingerprint density at radius 1 is 1.62 bits per heavy atom. The van der Waals surface area contributed by atoms with Crippen molar-refractivity contribution < 1.29 is 4.79 Å². The van der Waals surface area contributed by atoms with E-state index in [9.17, 15) is 4.79 Å². The molecule has 0 bridgehead atoms. The maximum atomic E-state index is 11.3. The third-order valence-corrected chi connectivity index (χ3v) is 2.59. The van der Waals surface area contributed by atoms with Crippen LogP contribution in [0, 0.1) is 0 Å². The number of aryl methyl sites for hydroxylation is 1. The zero-order valence-corrected chi connectivity index (χ0v) is 9.44. The van der Waals surface area contributed by atoms with Gasteiger partial charge >= 0.3 is 0 Å². The van der Waals surface area contributed by atoms with Gasteiger partial charge < -0.3 is 10.6 Å². The van der Waals surface area contributed by atoms with Gasteiger partial charge in [0.2, 0.25) is 5.91 Å². The smallest absolute Gasteiger partial charge is 0.221 e. The molecule has 1 aliphatic carbocycles. The van der Waals surface area contributed by atoms with Crippen molar-refractivity contribution in [3.63, 3.8) is 0 Å². The zero-order chi connectivity index (χ0) is 11.4. The second-order valence-corrected chi connectivity index (χ2v) is 4.12. The molecule has 0 saturated heterocycles. The Morgan fingerprint density at radius 2 is 2.44 bits per heavy atom. The Morgan fingerprint density at radius 3 is 3.06 bits per heavy atom. The van der Waals surface area contributed by atoms with Gasteiger partial charge in [-0.25, -0.2) is 0 Å². The van der Waals surface area contributed by atoms with Crippen LogP contribution in [0.1, 0.15) is 25.0 Å². The van der Waals surface area contributed by atoms with Crippen molar-refractivity contribution in [2.75, 3.05) is 6.54 Å². The van der Waals surface area contributed by atoms with Gasteiger partial charge in [0.05, 0.1) is 11.9 Å². The summed E-state index contributed by atoms with van der Waals surface area (Å²) in [6, 6.07) is 0.453. The molecule has 1 aromatic rings. The lowest BCUT2D eigenvalue weighted by atomic mass is 10.3. The minimum Gasteiger partial charge on any atom is -0.353 e. The predicted octanol–water partition coefficient (Wildman–Crippen LogP) is -0.427. The molecule has 1 fully saturated rings. The van der Waals surface area contributed by atoms with Crippen molar-refractivity contribution >= 4 is 5.91 Å². The molecule has 1 aromatic heterocycles. The van der Waals surface area contributed by atoms with Crippen LogP contribution in [0.3, 0.4) is 0 Å². The zero-order valence-electron chi connectivity index (χ0n) is 9.44. The molecule has 1 saturated carbocycles. The van der Waals surface area contributed by atoms with Crippen molar-refractivity contribution in [1.29, 1.82) is 0 Å². The molecule has 1 heterocycles. The molecule has 88 valence electrons. The van der Waals surface area contributed by atoms with Crippen molar-refractivity contribution in [1.82, 2.24) is 25.6 Å². The molecule has 1 amide bonds. The minimum absolute atomic E-state index is 0.137. The van der Waals surface area contributed by atoms with Crippen LogP contribution in [-0.2, 0) is 18.4 Å². The van der Waals surface area contributed by atoms with Crippen LogP contribution in [0.2, 0.25) is 0 Å². The van der Waals surface area contributed by atoms with E-state index in [1.54, 1.807) is 10.9 Å². The Labute approximate surface area is 94.4 Å². The molecule has 2 rings (SSSR count). The van der Waals surface area contributed by atoms with E-state index in [0.717, 1.165) is 18.5 Å². The summed E-state index contributed by atoms with van der Waals surface area (Å²) in [5.74, 6) is 0.137. The van der Waals surface area contributed by atoms with E-state index in [1.165, 1.54) is 0 Å². The highest BCUT2D eigenvalue weighted by Crippen LogP contribution is 2.18. The van der Waals surface area contributed by atoms with Gasteiger partial charge in [-0.05, 0) is 12.8 Å². The SMILES string of the molecule is Cn1nncc1CNCCC(=O)NC1CC1. The van der Waals surface area contributed by atoms with Crippen LogP contribution < -0.4 is 10.6 Å². The topological polar surface area (TPSA) is 71.8 Å². The fourth-order valence-corrected chi connectivity index (χ4v) is 1.42. The van der Waals surface area contributed by atoms with Gasteiger partial charge in [-0.2, -0.15) is 0 Å². The molecular weight excluding hydrogens is 206 g/mol. The van der Waals surface area contributed by atoms with Gasteiger partial charge in [0.1, 0.15) is 0 Å². The maximum absolute atomic E-state index is 11.3. The highest BCUT2D eigenvalue weighted by molar-refractivity contribution is 5.76. The number of hydrogen-bond acceptors (Lipinski definition) is 4. The molecule has 0 unspecified atom stereocenters. The van der Waals surface area contributed by atoms with Gasteiger partial charge in [0.25, 0.3) is 0 Å². The first-order valence-corrected chi connectivity index (χ1v) is 5.59. The predicted molar refractivity (Wildman–Crippen MR) is 58.5 cm³/mol. The second-order valence-electron chi connectivity index (χ2n) is 4.12. The molecule has 2 N–H and O–H groups in total. The van der Waals surface area contributed by atoms with Gasteiger partial charge in [-0.3, -0.25) is 9.48 Å². The summed E-state index contributed by atoms with van der Waals surface area (Å²) in [6.07, 6.45) is 4.53. The molecule has 0 atom stereocenters. The molecule has 0 spiro atoms. The number of carbonyl (C=O) groups is 1. The maximum Gasteiger partial charge on any atom is 0.221 e. The summed E-state index contributed by atoms with van der Waals surface area (Å²) in [5.41, 5.74) is 1.02. The highest BCUT2D eigenvalue weighted by Gasteiger charge is 2.22. The van der Waals surface area contributed by atoms with Crippen LogP contribution in [0.15, 0.2) is 6.20 Å². The molecule has 0 aromatic carbocycles. The standard InChI is InChI=1S/C10H17N5O/c1-15-9(7-12-14-15)6-11-5-4-10(16)13-8-2-3-8/h7-8,11H,2-6H2,1H3,(H,13,16). The lowest BCUT2D eigenvalue weighted by Gasteiger charge is -2.05. The quantitative estimate of drug-likeness (QED) is 0.642. The van der Waals surface area contributed by atoms with Crippen LogP contribution in [-0.4, -0.2) is 33.5 Å². The van der Waals surface area contributed by atoms with Gasteiger partial charge in [0, 0.05) is 32.6 Å². The number of rotatable bonds is 6. The Kier molecular flexibility index (Phi) is 3.51. The largest absolute Gasteiger partial charge is 0.353 e. The fourth-order valence-electron chi connectivity index (χ4n) is 1.42. The van der Waals surface area contributed by atoms with Crippen LogP contribution in [0.4, 0.5) is 0 Å². The summed E-state index contributed by atoms with van der Waals surface area (Å²) in [4.78, 5) is 11.3. The average molecular weight is 223 g/mol. The van der Waals surface area contributed by atoms with E-state index in [2.05, 4.69) is 20.9 Å². The number of amides is 1. The second kappa shape index (κ2) is 5.07. The Bertz CT molecular complexity index is 358. The molecule has 0 radical (unpaired) electrons. The fraction of sp³-hybridized carbons (Fsp3) is 0.700.